The van der Waals surface area contributed by atoms with E-state index in [1.54, 1.807) is 0 Å². The van der Waals surface area contributed by atoms with Crippen LogP contribution in [0.5, 0.6) is 0 Å². The zero-order chi connectivity index (χ0) is 21.8. The average molecular weight is 424 g/mol. The number of aliphatic hydroxyl groups is 3. The Balaban J connectivity index is 1.71. The number of ether oxygens (including phenoxy) is 4. The Morgan fingerprint density at radius 2 is 1.70 bits per heavy atom. The van der Waals surface area contributed by atoms with Gasteiger partial charge in [0.2, 0.25) is 11.9 Å². The van der Waals surface area contributed by atoms with Gasteiger partial charge < -0.3 is 34.3 Å². The highest BCUT2D eigenvalue weighted by atomic mass is 16.8. The van der Waals surface area contributed by atoms with Gasteiger partial charge in [0.25, 0.3) is 0 Å². The van der Waals surface area contributed by atoms with E-state index < -0.39 is 87.9 Å². The van der Waals surface area contributed by atoms with Crippen molar-refractivity contribution in [2.75, 3.05) is 0 Å². The highest BCUT2D eigenvalue weighted by Crippen LogP contribution is 2.84. The smallest absolute Gasteiger partial charge is 0.342 e. The van der Waals surface area contributed by atoms with Gasteiger partial charge in [0, 0.05) is 12.3 Å². The summed E-state index contributed by atoms with van der Waals surface area (Å²) in [5.74, 6) is -4.43. The molecule has 2 aliphatic carbocycles. The molecule has 6 aliphatic rings. The molecule has 0 amide bonds. The summed E-state index contributed by atoms with van der Waals surface area (Å²) in [6.45, 7) is 6.97. The molecule has 6 fully saturated rings. The van der Waals surface area contributed by atoms with Crippen LogP contribution in [0.2, 0.25) is 0 Å². The van der Waals surface area contributed by atoms with Crippen molar-refractivity contribution >= 4 is 17.9 Å². The second-order valence-corrected chi connectivity index (χ2v) is 10.7. The third kappa shape index (κ3) is 1.35. The van der Waals surface area contributed by atoms with E-state index in [0.29, 0.717) is 0 Å². The average Bonchev–Trinajstić information content (AvgIpc) is 3.32. The Labute approximate surface area is 171 Å². The fourth-order valence-electron chi connectivity index (χ4n) is 8.22. The maximum absolute atomic E-state index is 13.4. The number of rotatable bonds is 0. The van der Waals surface area contributed by atoms with E-state index in [0.717, 1.165) is 0 Å². The molecule has 4 heterocycles. The van der Waals surface area contributed by atoms with Crippen LogP contribution in [0, 0.1) is 28.1 Å². The molecule has 10 heteroatoms. The molecule has 11 unspecified atom stereocenters. The highest BCUT2D eigenvalue weighted by molar-refractivity contribution is 5.93. The third-order valence-electron chi connectivity index (χ3n) is 8.91. The van der Waals surface area contributed by atoms with Crippen LogP contribution in [-0.2, 0) is 33.3 Å². The number of aliphatic hydroxyl groups excluding tert-OH is 2. The summed E-state index contributed by atoms with van der Waals surface area (Å²) in [7, 11) is 0. The maximum atomic E-state index is 13.4. The lowest BCUT2D eigenvalue weighted by molar-refractivity contribution is -0.239. The van der Waals surface area contributed by atoms with Gasteiger partial charge in [0.15, 0.2) is 11.7 Å². The number of carbonyl (C=O) groups is 3. The zero-order valence-corrected chi connectivity index (χ0v) is 16.9. The van der Waals surface area contributed by atoms with Crippen molar-refractivity contribution in [3.63, 3.8) is 0 Å². The monoisotopic (exact) mass is 424 g/mol. The molecule has 164 valence electrons. The van der Waals surface area contributed by atoms with Crippen molar-refractivity contribution in [2.24, 2.45) is 28.1 Å². The second kappa shape index (κ2) is 4.69. The van der Waals surface area contributed by atoms with Gasteiger partial charge in [-0.2, -0.15) is 0 Å². The Hall–Kier alpha value is -1.75. The van der Waals surface area contributed by atoms with Crippen LogP contribution < -0.4 is 0 Å². The second-order valence-electron chi connectivity index (χ2n) is 10.7. The van der Waals surface area contributed by atoms with Gasteiger partial charge in [0.05, 0.1) is 22.9 Å². The topological polar surface area (TPSA) is 149 Å². The molecule has 2 saturated carbocycles. The van der Waals surface area contributed by atoms with E-state index in [1.807, 2.05) is 20.8 Å². The number of esters is 3. The maximum Gasteiger partial charge on any atom is 0.342 e. The fourth-order valence-corrected chi connectivity index (χ4v) is 8.22. The van der Waals surface area contributed by atoms with Crippen LogP contribution in [0.15, 0.2) is 0 Å². The molecule has 6 rings (SSSR count). The first-order chi connectivity index (χ1) is 13.8. The quantitative estimate of drug-likeness (QED) is 0.314. The fraction of sp³-hybridized carbons (Fsp3) is 0.850. The SMILES string of the molecule is CC1C(=O)OC2CC34C5OC(=O)C3(OC3OC(=O)C(O)C34C(C(C)(C)C)C5O)C21O. The molecule has 30 heavy (non-hydrogen) atoms. The van der Waals surface area contributed by atoms with Crippen molar-refractivity contribution in [1.29, 1.82) is 0 Å². The molecule has 0 aromatic heterocycles. The highest BCUT2D eigenvalue weighted by Gasteiger charge is 3.02. The van der Waals surface area contributed by atoms with Gasteiger partial charge in [-0.05, 0) is 12.3 Å². The molecular formula is C20H24O10. The van der Waals surface area contributed by atoms with Gasteiger partial charge in [-0.15, -0.1) is 0 Å². The molecule has 0 aromatic rings. The standard InChI is InChI=1S/C20H24O10/c1-6-12(23)27-7-5-17-11-8(21)9(16(2,3)4)18(17)10(22)13(24)29-15(18)30-20(17,14(25)28-11)19(6,7)26/h6-11,15,21-22,26H,5H2,1-4H3. The van der Waals surface area contributed by atoms with Crippen molar-refractivity contribution in [3.05, 3.63) is 0 Å². The van der Waals surface area contributed by atoms with E-state index in [9.17, 15) is 29.7 Å². The molecule has 4 saturated heterocycles. The normalized spacial score (nSPS) is 60.1. The van der Waals surface area contributed by atoms with E-state index >= 15 is 0 Å². The molecule has 3 N–H and O–H groups in total. The molecule has 2 spiro atoms. The summed E-state index contributed by atoms with van der Waals surface area (Å²) in [6.07, 6.45) is -6.73. The van der Waals surface area contributed by atoms with Crippen molar-refractivity contribution in [1.82, 2.24) is 0 Å². The van der Waals surface area contributed by atoms with Gasteiger partial charge in [-0.25, -0.2) is 9.59 Å². The molecule has 0 aromatic carbocycles. The molecule has 10 nitrogen and oxygen atoms in total. The third-order valence-corrected chi connectivity index (χ3v) is 8.91. The lowest BCUT2D eigenvalue weighted by Gasteiger charge is -2.46. The number of hydrogen-bond donors (Lipinski definition) is 3. The van der Waals surface area contributed by atoms with E-state index in [-0.39, 0.29) is 6.42 Å². The Kier molecular flexibility index (Phi) is 2.97. The van der Waals surface area contributed by atoms with Gasteiger partial charge >= 0.3 is 17.9 Å². The molecule has 0 radical (unpaired) electrons. The van der Waals surface area contributed by atoms with E-state index in [1.165, 1.54) is 6.92 Å². The van der Waals surface area contributed by atoms with Crippen LogP contribution in [0.3, 0.4) is 0 Å². The van der Waals surface area contributed by atoms with Gasteiger partial charge in [-0.1, -0.05) is 20.8 Å². The first-order valence-corrected chi connectivity index (χ1v) is 10.2. The Morgan fingerprint density at radius 1 is 1.03 bits per heavy atom. The van der Waals surface area contributed by atoms with Crippen molar-refractivity contribution < 1.29 is 48.7 Å². The predicted molar refractivity (Wildman–Crippen MR) is 92.0 cm³/mol. The number of fused-ring (bicyclic) bond motifs is 1. The molecule has 0 bridgehead atoms. The lowest BCUT2D eigenvalue weighted by Crippen LogP contribution is -2.66. The molecule has 4 aliphatic heterocycles. The van der Waals surface area contributed by atoms with Crippen molar-refractivity contribution in [3.8, 4) is 0 Å². The van der Waals surface area contributed by atoms with Crippen LogP contribution in [0.1, 0.15) is 34.1 Å². The minimum absolute atomic E-state index is 0.107. The van der Waals surface area contributed by atoms with Crippen LogP contribution >= 0.6 is 0 Å². The Morgan fingerprint density at radius 3 is 2.33 bits per heavy atom. The van der Waals surface area contributed by atoms with Crippen molar-refractivity contribution in [2.45, 2.75) is 76.0 Å². The summed E-state index contributed by atoms with van der Waals surface area (Å²) in [5, 5.41) is 34.4. The van der Waals surface area contributed by atoms with Gasteiger partial charge in [-0.3, -0.25) is 4.79 Å². The zero-order valence-electron chi connectivity index (χ0n) is 16.9. The summed E-state index contributed by atoms with van der Waals surface area (Å²) in [4.78, 5) is 38.2. The largest absolute Gasteiger partial charge is 0.459 e. The van der Waals surface area contributed by atoms with Gasteiger partial charge in [0.1, 0.15) is 12.2 Å². The number of hydrogen-bond acceptors (Lipinski definition) is 10. The summed E-state index contributed by atoms with van der Waals surface area (Å²) >= 11 is 0. The minimum atomic E-state index is -2.12. The number of carbonyl (C=O) groups excluding carboxylic acids is 3. The van der Waals surface area contributed by atoms with Crippen LogP contribution in [0.4, 0.5) is 0 Å². The molecule has 11 atom stereocenters. The first-order valence-electron chi connectivity index (χ1n) is 10.2. The first kappa shape index (κ1) is 19.0. The summed E-state index contributed by atoms with van der Waals surface area (Å²) in [6, 6.07) is 0. The van der Waals surface area contributed by atoms with Crippen LogP contribution in [0.25, 0.3) is 0 Å². The summed E-state index contributed by atoms with van der Waals surface area (Å²) < 4.78 is 22.6. The lowest BCUT2D eigenvalue weighted by atomic mass is 9.51. The Bertz CT molecular complexity index is 925. The van der Waals surface area contributed by atoms with E-state index in [4.69, 9.17) is 18.9 Å². The minimum Gasteiger partial charge on any atom is -0.459 e. The van der Waals surface area contributed by atoms with E-state index in [2.05, 4.69) is 0 Å². The van der Waals surface area contributed by atoms with Crippen LogP contribution in [-0.4, -0.2) is 75.1 Å². The predicted octanol–water partition coefficient (Wildman–Crippen LogP) is -1.37. The molecular weight excluding hydrogens is 400 g/mol. The summed E-state index contributed by atoms with van der Waals surface area (Å²) in [5.41, 5.74) is -7.95.